The molecule has 4 atom stereocenters. The predicted molar refractivity (Wildman–Crippen MR) is 102 cm³/mol. The number of phenols is 1. The number of β-amino-alcohol motifs (C(OH)–C–C–N with tert-alkyl or cyclic N) is 1. The second-order valence-corrected chi connectivity index (χ2v) is 9.19. The van der Waals surface area contributed by atoms with Gasteiger partial charge in [-0.3, -0.25) is 4.90 Å². The van der Waals surface area contributed by atoms with Gasteiger partial charge < -0.3 is 15.3 Å². The van der Waals surface area contributed by atoms with Gasteiger partial charge >= 0.3 is 0 Å². The van der Waals surface area contributed by atoms with Crippen molar-refractivity contribution in [1.82, 2.24) is 4.90 Å². The minimum Gasteiger partial charge on any atom is -0.508 e. The smallest absolute Gasteiger partial charge is 0.115 e. The van der Waals surface area contributed by atoms with Crippen molar-refractivity contribution in [2.24, 2.45) is 17.8 Å². The quantitative estimate of drug-likeness (QED) is 0.753. The highest BCUT2D eigenvalue weighted by Crippen LogP contribution is 2.48. The number of fused-ring (bicyclic) bond motifs is 1. The Labute approximate surface area is 156 Å². The molecule has 2 aliphatic carbocycles. The van der Waals surface area contributed by atoms with Gasteiger partial charge in [0.2, 0.25) is 0 Å². The van der Waals surface area contributed by atoms with Crippen LogP contribution in [-0.4, -0.2) is 45.5 Å². The van der Waals surface area contributed by atoms with E-state index in [0.717, 1.165) is 43.8 Å². The van der Waals surface area contributed by atoms with Crippen molar-refractivity contribution in [3.8, 4) is 5.75 Å². The second-order valence-electron chi connectivity index (χ2n) is 9.19. The van der Waals surface area contributed by atoms with Crippen molar-refractivity contribution in [2.45, 2.75) is 63.1 Å². The monoisotopic (exact) mass is 359 g/mol. The maximum atomic E-state index is 11.1. The first kappa shape index (κ1) is 18.3. The minimum atomic E-state index is -0.518. The maximum absolute atomic E-state index is 11.1. The lowest BCUT2D eigenvalue weighted by atomic mass is 9.79. The van der Waals surface area contributed by atoms with E-state index in [4.69, 9.17) is 0 Å². The molecular formula is C22H33NO3. The molecule has 3 N–H and O–H groups in total. The van der Waals surface area contributed by atoms with Gasteiger partial charge in [-0.05, 0) is 54.7 Å². The van der Waals surface area contributed by atoms with Gasteiger partial charge in [0.25, 0.3) is 0 Å². The zero-order valence-electron chi connectivity index (χ0n) is 15.7. The lowest BCUT2D eigenvalue weighted by Gasteiger charge is -2.32. The Morgan fingerprint density at radius 2 is 1.62 bits per heavy atom. The molecule has 3 aliphatic rings. The van der Waals surface area contributed by atoms with Gasteiger partial charge in [-0.1, -0.05) is 44.2 Å². The van der Waals surface area contributed by atoms with Crippen LogP contribution in [0.4, 0.5) is 0 Å². The van der Waals surface area contributed by atoms with E-state index in [-0.39, 0.29) is 5.75 Å². The van der Waals surface area contributed by atoms with E-state index in [1.807, 2.05) is 0 Å². The standard InChI is InChI=1S/C22H33NO3/c24-20-8-6-17(7-9-20)21(25)15-23-13-18-11-22(26,12-19(18)14-23)10-16-4-2-1-3-5-16/h6-9,16,18-19,21,24-26H,1-5,10-15H2/t18-,19+,21?,22+. The van der Waals surface area contributed by atoms with Crippen molar-refractivity contribution >= 4 is 0 Å². The number of aliphatic hydroxyl groups excluding tert-OH is 1. The normalized spacial score (nSPS) is 34.1. The van der Waals surface area contributed by atoms with Crippen molar-refractivity contribution < 1.29 is 15.3 Å². The predicted octanol–water partition coefficient (Wildman–Crippen LogP) is 3.47. The molecule has 26 heavy (non-hydrogen) atoms. The molecule has 1 saturated heterocycles. The van der Waals surface area contributed by atoms with E-state index >= 15 is 0 Å². The molecule has 4 rings (SSSR count). The van der Waals surface area contributed by atoms with Crippen LogP contribution < -0.4 is 0 Å². The molecule has 0 aromatic heterocycles. The molecule has 1 heterocycles. The summed E-state index contributed by atoms with van der Waals surface area (Å²) in [6.07, 6.45) is 9.06. The summed E-state index contributed by atoms with van der Waals surface area (Å²) in [5.41, 5.74) is 0.424. The second kappa shape index (κ2) is 7.49. The third kappa shape index (κ3) is 4.08. The molecule has 4 heteroatoms. The summed E-state index contributed by atoms with van der Waals surface area (Å²) in [5, 5.41) is 31.0. The average Bonchev–Trinajstić information content (AvgIpc) is 3.10. The van der Waals surface area contributed by atoms with E-state index < -0.39 is 11.7 Å². The summed E-state index contributed by atoms with van der Waals surface area (Å²) < 4.78 is 0. The van der Waals surface area contributed by atoms with Crippen LogP contribution in [0.25, 0.3) is 0 Å². The van der Waals surface area contributed by atoms with Crippen LogP contribution in [0.2, 0.25) is 0 Å². The first-order chi connectivity index (χ1) is 12.5. The lowest BCUT2D eigenvalue weighted by molar-refractivity contribution is 0.00460. The van der Waals surface area contributed by atoms with E-state index in [9.17, 15) is 15.3 Å². The fraction of sp³-hybridized carbons (Fsp3) is 0.727. The fourth-order valence-corrected chi connectivity index (χ4v) is 5.85. The zero-order chi connectivity index (χ0) is 18.1. The van der Waals surface area contributed by atoms with Crippen molar-refractivity contribution in [1.29, 1.82) is 0 Å². The van der Waals surface area contributed by atoms with Crippen molar-refractivity contribution in [3.05, 3.63) is 29.8 Å². The molecule has 1 aliphatic heterocycles. The van der Waals surface area contributed by atoms with Gasteiger partial charge in [0.15, 0.2) is 0 Å². The minimum absolute atomic E-state index is 0.230. The summed E-state index contributed by atoms with van der Waals surface area (Å²) in [4.78, 5) is 2.35. The molecule has 1 aromatic rings. The van der Waals surface area contributed by atoms with E-state index in [1.165, 1.54) is 32.1 Å². The molecule has 0 amide bonds. The molecule has 144 valence electrons. The topological polar surface area (TPSA) is 63.9 Å². The van der Waals surface area contributed by atoms with E-state index in [1.54, 1.807) is 24.3 Å². The highest BCUT2D eigenvalue weighted by molar-refractivity contribution is 5.27. The van der Waals surface area contributed by atoms with Gasteiger partial charge in [0.05, 0.1) is 11.7 Å². The number of phenolic OH excluding ortho intramolecular Hbond substituents is 1. The lowest BCUT2D eigenvalue weighted by Crippen LogP contribution is -2.34. The Balaban J connectivity index is 1.28. The summed E-state index contributed by atoms with van der Waals surface area (Å²) >= 11 is 0. The van der Waals surface area contributed by atoms with Gasteiger partial charge in [0, 0.05) is 19.6 Å². The van der Waals surface area contributed by atoms with E-state index in [0.29, 0.717) is 18.4 Å². The van der Waals surface area contributed by atoms with Crippen LogP contribution >= 0.6 is 0 Å². The molecule has 0 spiro atoms. The number of benzene rings is 1. The Morgan fingerprint density at radius 1 is 1.00 bits per heavy atom. The zero-order valence-corrected chi connectivity index (χ0v) is 15.7. The molecule has 2 saturated carbocycles. The third-order valence-electron chi connectivity index (χ3n) is 7.04. The Morgan fingerprint density at radius 3 is 2.23 bits per heavy atom. The van der Waals surface area contributed by atoms with Gasteiger partial charge in [0.1, 0.15) is 5.75 Å². The number of rotatable bonds is 5. The fourth-order valence-electron chi connectivity index (χ4n) is 5.85. The molecule has 1 unspecified atom stereocenters. The largest absolute Gasteiger partial charge is 0.508 e. The van der Waals surface area contributed by atoms with Crippen LogP contribution in [0.3, 0.4) is 0 Å². The Kier molecular flexibility index (Phi) is 5.27. The van der Waals surface area contributed by atoms with Crippen LogP contribution in [0, 0.1) is 17.8 Å². The number of aromatic hydroxyl groups is 1. The summed E-state index contributed by atoms with van der Waals surface area (Å²) in [6.45, 7) is 2.62. The molecule has 3 fully saturated rings. The SMILES string of the molecule is Oc1ccc(C(O)CN2C[C@@H]3C[C@](O)(CC4CCCCC4)C[C@@H]3C2)cc1. The highest BCUT2D eigenvalue weighted by Gasteiger charge is 2.48. The van der Waals surface area contributed by atoms with Crippen LogP contribution in [0.1, 0.15) is 63.0 Å². The number of aliphatic hydroxyl groups is 2. The van der Waals surface area contributed by atoms with Gasteiger partial charge in [-0.2, -0.15) is 0 Å². The number of hydrogen-bond donors (Lipinski definition) is 3. The number of hydrogen-bond acceptors (Lipinski definition) is 4. The third-order valence-corrected chi connectivity index (χ3v) is 7.04. The van der Waals surface area contributed by atoms with E-state index in [2.05, 4.69) is 4.90 Å². The maximum Gasteiger partial charge on any atom is 0.115 e. The molecular weight excluding hydrogens is 326 g/mol. The van der Waals surface area contributed by atoms with Crippen molar-refractivity contribution in [3.63, 3.8) is 0 Å². The van der Waals surface area contributed by atoms with Crippen LogP contribution in [0.5, 0.6) is 5.75 Å². The summed E-state index contributed by atoms with van der Waals surface area (Å²) in [7, 11) is 0. The average molecular weight is 360 g/mol. The summed E-state index contributed by atoms with van der Waals surface area (Å²) in [6, 6.07) is 6.84. The van der Waals surface area contributed by atoms with Crippen LogP contribution in [0.15, 0.2) is 24.3 Å². The van der Waals surface area contributed by atoms with Gasteiger partial charge in [-0.15, -0.1) is 0 Å². The molecule has 0 bridgehead atoms. The van der Waals surface area contributed by atoms with Crippen molar-refractivity contribution in [2.75, 3.05) is 19.6 Å². The number of nitrogens with zero attached hydrogens (tertiary/aromatic N) is 1. The Bertz CT molecular complexity index is 582. The first-order valence-corrected chi connectivity index (χ1v) is 10.4. The number of likely N-dealkylation sites (tertiary alicyclic amines) is 1. The molecule has 1 aromatic carbocycles. The highest BCUT2D eigenvalue weighted by atomic mass is 16.3. The first-order valence-electron chi connectivity index (χ1n) is 10.4. The van der Waals surface area contributed by atoms with Crippen LogP contribution in [-0.2, 0) is 0 Å². The molecule has 0 radical (unpaired) electrons. The summed E-state index contributed by atoms with van der Waals surface area (Å²) in [5.74, 6) is 2.13. The van der Waals surface area contributed by atoms with Gasteiger partial charge in [-0.25, -0.2) is 0 Å². The molecule has 4 nitrogen and oxygen atoms in total. The Hall–Kier alpha value is -1.10.